The van der Waals surface area contributed by atoms with Crippen molar-refractivity contribution in [2.75, 3.05) is 6.61 Å². The SMILES string of the molecule is CCOC(=O)Cn1c(O)c(N=NC(=O)c2cc(Br)ccc2O)c2ccccc21. The van der Waals surface area contributed by atoms with Gasteiger partial charge in [-0.15, -0.1) is 10.2 Å². The minimum atomic E-state index is -0.777. The third-order valence-corrected chi connectivity index (χ3v) is 4.43. The van der Waals surface area contributed by atoms with E-state index in [4.69, 9.17) is 4.74 Å². The van der Waals surface area contributed by atoms with Crippen molar-refractivity contribution in [1.82, 2.24) is 4.57 Å². The van der Waals surface area contributed by atoms with Crippen LogP contribution in [0.15, 0.2) is 57.2 Å². The molecule has 0 bridgehead atoms. The van der Waals surface area contributed by atoms with Crippen LogP contribution < -0.4 is 0 Å². The Kier molecular flexibility index (Phi) is 5.74. The lowest BCUT2D eigenvalue weighted by atomic mass is 10.2. The van der Waals surface area contributed by atoms with E-state index in [-0.39, 0.29) is 36.0 Å². The van der Waals surface area contributed by atoms with Crippen LogP contribution in [-0.2, 0) is 16.1 Å². The van der Waals surface area contributed by atoms with E-state index in [0.717, 1.165) is 0 Å². The van der Waals surface area contributed by atoms with Gasteiger partial charge in [0, 0.05) is 9.86 Å². The first-order chi connectivity index (χ1) is 13.4. The van der Waals surface area contributed by atoms with E-state index < -0.39 is 11.9 Å². The van der Waals surface area contributed by atoms with Crippen molar-refractivity contribution in [2.45, 2.75) is 13.5 Å². The summed E-state index contributed by atoms with van der Waals surface area (Å²) in [7, 11) is 0. The molecule has 1 heterocycles. The van der Waals surface area contributed by atoms with Gasteiger partial charge in [0.15, 0.2) is 5.69 Å². The molecular weight excluding hydrogens is 430 g/mol. The number of halogens is 1. The zero-order valence-corrected chi connectivity index (χ0v) is 16.4. The fourth-order valence-corrected chi connectivity index (χ4v) is 3.06. The van der Waals surface area contributed by atoms with Gasteiger partial charge in [0.1, 0.15) is 12.3 Å². The van der Waals surface area contributed by atoms with Gasteiger partial charge in [-0.1, -0.05) is 34.1 Å². The first kappa shape index (κ1) is 19.6. The van der Waals surface area contributed by atoms with Crippen LogP contribution in [-0.4, -0.2) is 33.3 Å². The molecule has 0 spiro atoms. The Labute approximate surface area is 168 Å². The van der Waals surface area contributed by atoms with E-state index in [9.17, 15) is 19.8 Å². The zero-order chi connectivity index (χ0) is 20.3. The summed E-state index contributed by atoms with van der Waals surface area (Å²) in [6.07, 6.45) is 0. The molecule has 0 unspecified atom stereocenters. The summed E-state index contributed by atoms with van der Waals surface area (Å²) in [4.78, 5) is 24.1. The van der Waals surface area contributed by atoms with Gasteiger partial charge in [0.2, 0.25) is 5.88 Å². The number of para-hydroxylation sites is 1. The molecule has 1 aromatic heterocycles. The molecule has 1 amide bonds. The number of aromatic nitrogens is 1. The van der Waals surface area contributed by atoms with Crippen LogP contribution in [0.5, 0.6) is 11.6 Å². The van der Waals surface area contributed by atoms with E-state index in [1.165, 1.54) is 16.7 Å². The Hall–Kier alpha value is -3.20. The Morgan fingerprint density at radius 3 is 2.68 bits per heavy atom. The number of esters is 1. The number of phenols is 1. The van der Waals surface area contributed by atoms with Gasteiger partial charge < -0.3 is 14.9 Å². The van der Waals surface area contributed by atoms with Gasteiger partial charge in [-0.05, 0) is 31.2 Å². The summed E-state index contributed by atoms with van der Waals surface area (Å²) in [5.41, 5.74) is 0.551. The maximum atomic E-state index is 12.3. The molecule has 0 fully saturated rings. The summed E-state index contributed by atoms with van der Waals surface area (Å²) in [5, 5.41) is 28.4. The number of nitrogens with zero attached hydrogens (tertiary/aromatic N) is 3. The maximum Gasteiger partial charge on any atom is 0.326 e. The number of hydrogen-bond donors (Lipinski definition) is 2. The summed E-state index contributed by atoms with van der Waals surface area (Å²) >= 11 is 3.22. The number of fused-ring (bicyclic) bond motifs is 1. The first-order valence-corrected chi connectivity index (χ1v) is 9.12. The highest BCUT2D eigenvalue weighted by atomic mass is 79.9. The van der Waals surface area contributed by atoms with Gasteiger partial charge in [0.05, 0.1) is 17.7 Å². The monoisotopic (exact) mass is 445 g/mol. The standard InChI is InChI=1S/C19H16BrN3O5/c1-2-28-16(25)10-23-14-6-4-3-5-12(14)17(19(23)27)21-22-18(26)13-9-11(20)7-8-15(13)24/h3-9,24,27H,2,10H2,1H3. The molecule has 0 aliphatic rings. The number of ether oxygens (including phenoxy) is 1. The molecule has 8 nitrogen and oxygen atoms in total. The summed E-state index contributed by atoms with van der Waals surface area (Å²) in [6, 6.07) is 11.2. The fourth-order valence-electron chi connectivity index (χ4n) is 2.69. The highest BCUT2D eigenvalue weighted by molar-refractivity contribution is 9.10. The molecule has 0 atom stereocenters. The Morgan fingerprint density at radius 1 is 1.18 bits per heavy atom. The third-order valence-electron chi connectivity index (χ3n) is 3.94. The molecule has 2 aromatic carbocycles. The van der Waals surface area contributed by atoms with Gasteiger partial charge in [-0.25, -0.2) is 0 Å². The Morgan fingerprint density at radius 2 is 1.93 bits per heavy atom. The molecule has 0 radical (unpaired) electrons. The Balaban J connectivity index is 2.00. The van der Waals surface area contributed by atoms with Crippen LogP contribution in [0.25, 0.3) is 10.9 Å². The van der Waals surface area contributed by atoms with E-state index in [2.05, 4.69) is 26.2 Å². The first-order valence-electron chi connectivity index (χ1n) is 8.32. The third kappa shape index (κ3) is 3.89. The van der Waals surface area contributed by atoms with Crippen molar-refractivity contribution in [3.63, 3.8) is 0 Å². The average Bonchev–Trinajstić information content (AvgIpc) is 2.93. The molecular formula is C19H16BrN3O5. The van der Waals surface area contributed by atoms with E-state index in [0.29, 0.717) is 15.4 Å². The zero-order valence-electron chi connectivity index (χ0n) is 14.8. The molecule has 3 aromatic rings. The number of carbonyl (C=O) groups excluding carboxylic acids is 2. The predicted molar refractivity (Wildman–Crippen MR) is 105 cm³/mol. The summed E-state index contributed by atoms with van der Waals surface area (Å²) < 4.78 is 6.86. The lowest BCUT2D eigenvalue weighted by Crippen LogP contribution is -2.12. The van der Waals surface area contributed by atoms with E-state index in [1.807, 2.05) is 0 Å². The van der Waals surface area contributed by atoms with E-state index >= 15 is 0 Å². The van der Waals surface area contributed by atoms with Gasteiger partial charge in [0.25, 0.3) is 5.91 Å². The summed E-state index contributed by atoms with van der Waals surface area (Å²) in [6.45, 7) is 1.69. The van der Waals surface area contributed by atoms with E-state index in [1.54, 1.807) is 37.3 Å². The van der Waals surface area contributed by atoms with Crippen LogP contribution in [0.3, 0.4) is 0 Å². The van der Waals surface area contributed by atoms with Crippen molar-refractivity contribution < 1.29 is 24.5 Å². The molecule has 2 N–H and O–H groups in total. The van der Waals surface area contributed by atoms with Gasteiger partial charge >= 0.3 is 5.97 Å². The quantitative estimate of drug-likeness (QED) is 0.448. The van der Waals surface area contributed by atoms with Crippen LogP contribution in [0.4, 0.5) is 5.69 Å². The molecule has 28 heavy (non-hydrogen) atoms. The topological polar surface area (TPSA) is 113 Å². The molecule has 3 rings (SSSR count). The van der Waals surface area contributed by atoms with Crippen LogP contribution in [0, 0.1) is 0 Å². The minimum Gasteiger partial charge on any atom is -0.507 e. The van der Waals surface area contributed by atoms with Crippen molar-refractivity contribution in [1.29, 1.82) is 0 Å². The lowest BCUT2D eigenvalue weighted by Gasteiger charge is -2.06. The predicted octanol–water partition coefficient (Wildman–Crippen LogP) is 4.30. The molecule has 0 saturated carbocycles. The lowest BCUT2D eigenvalue weighted by molar-refractivity contribution is -0.143. The molecule has 144 valence electrons. The molecule has 0 aliphatic carbocycles. The number of hydrogen-bond acceptors (Lipinski definition) is 6. The average molecular weight is 446 g/mol. The summed E-state index contributed by atoms with van der Waals surface area (Å²) in [5.74, 6) is -1.84. The van der Waals surface area contributed by atoms with Crippen LogP contribution in [0.2, 0.25) is 0 Å². The number of carbonyl (C=O) groups is 2. The number of phenolic OH excluding ortho intramolecular Hbond substituents is 1. The second kappa shape index (κ2) is 8.22. The highest BCUT2D eigenvalue weighted by Gasteiger charge is 2.19. The molecule has 0 saturated heterocycles. The van der Waals surface area contributed by atoms with Crippen LogP contribution in [0.1, 0.15) is 17.3 Å². The number of benzene rings is 2. The second-order valence-corrected chi connectivity index (χ2v) is 6.66. The number of azo groups is 1. The van der Waals surface area contributed by atoms with Crippen molar-refractivity contribution in [2.24, 2.45) is 10.2 Å². The van der Waals surface area contributed by atoms with Gasteiger partial charge in [-0.2, -0.15) is 0 Å². The smallest absolute Gasteiger partial charge is 0.326 e. The fraction of sp³-hybridized carbons (Fsp3) is 0.158. The Bertz CT molecular complexity index is 1090. The second-order valence-electron chi connectivity index (χ2n) is 5.75. The normalized spacial score (nSPS) is 11.2. The van der Waals surface area contributed by atoms with Crippen molar-refractivity contribution >= 4 is 44.4 Å². The molecule has 9 heteroatoms. The number of amides is 1. The largest absolute Gasteiger partial charge is 0.507 e. The van der Waals surface area contributed by atoms with Gasteiger partial charge in [-0.3, -0.25) is 14.2 Å². The number of aromatic hydroxyl groups is 2. The highest BCUT2D eigenvalue weighted by Crippen LogP contribution is 2.39. The van der Waals surface area contributed by atoms with Crippen LogP contribution >= 0.6 is 15.9 Å². The van der Waals surface area contributed by atoms with Crippen molar-refractivity contribution in [3.8, 4) is 11.6 Å². The number of rotatable bonds is 5. The van der Waals surface area contributed by atoms with Crippen molar-refractivity contribution in [3.05, 3.63) is 52.5 Å². The minimum absolute atomic E-state index is 0.0344. The molecule has 0 aliphatic heterocycles. The maximum absolute atomic E-state index is 12.3.